The summed E-state index contributed by atoms with van der Waals surface area (Å²) >= 11 is 0. The van der Waals surface area contributed by atoms with Gasteiger partial charge in [0.05, 0.1) is 0 Å². The van der Waals surface area contributed by atoms with Gasteiger partial charge in [0.25, 0.3) is 0 Å². The molecule has 1 N–H and O–H groups in total. The topological polar surface area (TPSA) is 12.0 Å². The summed E-state index contributed by atoms with van der Waals surface area (Å²) in [5.74, 6) is 0. The van der Waals surface area contributed by atoms with E-state index in [0.717, 1.165) is 19.3 Å². The summed E-state index contributed by atoms with van der Waals surface area (Å²) in [6.07, 6.45) is 3.34. The van der Waals surface area contributed by atoms with Crippen LogP contribution in [0.15, 0.2) is 48.5 Å². The molecule has 0 radical (unpaired) electrons. The molecule has 0 aliphatic carbocycles. The van der Waals surface area contributed by atoms with Gasteiger partial charge in [-0.3, -0.25) is 0 Å². The number of hydrogen-bond donors (Lipinski definition) is 1. The van der Waals surface area contributed by atoms with Crippen LogP contribution in [-0.2, 0) is 12.8 Å². The number of aryl methyl sites for hydroxylation is 3. The molecular weight excluding hydrogens is 242 g/mol. The highest BCUT2D eigenvalue weighted by Crippen LogP contribution is 2.20. The predicted octanol–water partition coefficient (Wildman–Crippen LogP) is 4.45. The Bertz CT molecular complexity index is 528. The molecule has 0 bridgehead atoms. The zero-order valence-corrected chi connectivity index (χ0v) is 12.8. The third kappa shape index (κ3) is 3.94. The van der Waals surface area contributed by atoms with Gasteiger partial charge >= 0.3 is 0 Å². The number of benzene rings is 2. The van der Waals surface area contributed by atoms with Crippen LogP contribution in [0.5, 0.6) is 0 Å². The molecule has 2 aromatic rings. The van der Waals surface area contributed by atoms with E-state index in [-0.39, 0.29) is 0 Å². The van der Waals surface area contributed by atoms with Gasteiger partial charge in [-0.15, -0.1) is 0 Å². The van der Waals surface area contributed by atoms with E-state index in [1.165, 1.54) is 22.3 Å². The molecule has 0 aliphatic heterocycles. The maximum atomic E-state index is 3.45. The highest BCUT2D eigenvalue weighted by molar-refractivity contribution is 5.27. The molecule has 2 aromatic carbocycles. The van der Waals surface area contributed by atoms with Crippen LogP contribution < -0.4 is 5.32 Å². The van der Waals surface area contributed by atoms with E-state index >= 15 is 0 Å². The molecular formula is C19H25N. The molecule has 1 atom stereocenters. The molecule has 1 heteroatoms. The summed E-state index contributed by atoms with van der Waals surface area (Å²) < 4.78 is 0. The van der Waals surface area contributed by atoms with Crippen molar-refractivity contribution < 1.29 is 0 Å². The summed E-state index contributed by atoms with van der Waals surface area (Å²) in [4.78, 5) is 0. The monoisotopic (exact) mass is 267 g/mol. The fourth-order valence-electron chi connectivity index (χ4n) is 2.57. The molecule has 0 amide bonds. The molecule has 0 aliphatic rings. The van der Waals surface area contributed by atoms with Crippen molar-refractivity contribution >= 4 is 0 Å². The molecule has 0 saturated carbocycles. The number of nitrogens with one attached hydrogen (secondary N) is 1. The summed E-state index contributed by atoms with van der Waals surface area (Å²) in [6.45, 7) is 4.34. The van der Waals surface area contributed by atoms with Crippen molar-refractivity contribution in [2.75, 3.05) is 7.05 Å². The van der Waals surface area contributed by atoms with E-state index < -0.39 is 0 Å². The number of rotatable bonds is 6. The first-order valence-corrected chi connectivity index (χ1v) is 7.54. The van der Waals surface area contributed by atoms with Crippen molar-refractivity contribution in [3.05, 3.63) is 70.8 Å². The van der Waals surface area contributed by atoms with Crippen LogP contribution in [0.2, 0.25) is 0 Å². The Balaban J connectivity index is 2.03. The van der Waals surface area contributed by atoms with Crippen LogP contribution in [0.25, 0.3) is 0 Å². The molecule has 1 nitrogen and oxygen atoms in total. The van der Waals surface area contributed by atoms with Gasteiger partial charge in [-0.25, -0.2) is 0 Å². The standard InChI is InChI=1S/C19H25N/c1-4-16-6-5-7-18(14-16)19(20-3)13-12-17-10-8-15(2)9-11-17/h5-11,14,19-20H,4,12-13H2,1-3H3. The molecule has 106 valence electrons. The van der Waals surface area contributed by atoms with Gasteiger partial charge in [0, 0.05) is 6.04 Å². The average Bonchev–Trinajstić information content (AvgIpc) is 2.50. The summed E-state index contributed by atoms with van der Waals surface area (Å²) in [6, 6.07) is 18.2. The van der Waals surface area contributed by atoms with Crippen molar-refractivity contribution in [3.8, 4) is 0 Å². The second-order valence-electron chi connectivity index (χ2n) is 5.46. The van der Waals surface area contributed by atoms with Crippen LogP contribution in [0.3, 0.4) is 0 Å². The minimum Gasteiger partial charge on any atom is -0.313 e. The lowest BCUT2D eigenvalue weighted by Crippen LogP contribution is -2.17. The van der Waals surface area contributed by atoms with Gasteiger partial charge in [-0.1, -0.05) is 61.0 Å². The van der Waals surface area contributed by atoms with E-state index in [9.17, 15) is 0 Å². The largest absolute Gasteiger partial charge is 0.313 e. The molecule has 0 saturated heterocycles. The van der Waals surface area contributed by atoms with Crippen molar-refractivity contribution in [1.29, 1.82) is 0 Å². The normalized spacial score (nSPS) is 12.3. The lowest BCUT2D eigenvalue weighted by molar-refractivity contribution is 0.549. The van der Waals surface area contributed by atoms with Gasteiger partial charge in [-0.2, -0.15) is 0 Å². The van der Waals surface area contributed by atoms with Crippen LogP contribution in [0.1, 0.15) is 41.6 Å². The lowest BCUT2D eigenvalue weighted by atomic mass is 9.97. The van der Waals surface area contributed by atoms with E-state index in [2.05, 4.69) is 74.7 Å². The first-order valence-electron chi connectivity index (χ1n) is 7.54. The van der Waals surface area contributed by atoms with Crippen LogP contribution in [0, 0.1) is 6.92 Å². The van der Waals surface area contributed by atoms with Crippen LogP contribution in [0.4, 0.5) is 0 Å². The third-order valence-corrected chi connectivity index (χ3v) is 3.95. The molecule has 20 heavy (non-hydrogen) atoms. The Morgan fingerprint density at radius 1 is 1.00 bits per heavy atom. The second kappa shape index (κ2) is 7.25. The Kier molecular flexibility index (Phi) is 5.37. The molecule has 0 heterocycles. The zero-order chi connectivity index (χ0) is 14.4. The van der Waals surface area contributed by atoms with E-state index in [1.54, 1.807) is 0 Å². The van der Waals surface area contributed by atoms with Crippen molar-refractivity contribution in [3.63, 3.8) is 0 Å². The van der Waals surface area contributed by atoms with E-state index in [1.807, 2.05) is 0 Å². The SMILES string of the molecule is CCc1cccc(C(CCc2ccc(C)cc2)NC)c1. The van der Waals surface area contributed by atoms with Crippen molar-refractivity contribution in [2.24, 2.45) is 0 Å². The van der Waals surface area contributed by atoms with Gasteiger partial charge < -0.3 is 5.32 Å². The maximum absolute atomic E-state index is 3.45. The molecule has 1 unspecified atom stereocenters. The van der Waals surface area contributed by atoms with Gasteiger partial charge in [0.2, 0.25) is 0 Å². The smallest absolute Gasteiger partial charge is 0.0320 e. The van der Waals surface area contributed by atoms with Crippen LogP contribution in [-0.4, -0.2) is 7.05 Å². The van der Waals surface area contributed by atoms with Crippen LogP contribution >= 0.6 is 0 Å². The molecule has 0 fully saturated rings. The minimum absolute atomic E-state index is 0.433. The second-order valence-corrected chi connectivity index (χ2v) is 5.46. The first kappa shape index (κ1) is 14.8. The average molecular weight is 267 g/mol. The highest BCUT2D eigenvalue weighted by atomic mass is 14.9. The van der Waals surface area contributed by atoms with E-state index in [0.29, 0.717) is 6.04 Å². The zero-order valence-electron chi connectivity index (χ0n) is 12.8. The van der Waals surface area contributed by atoms with Gasteiger partial charge in [0.1, 0.15) is 0 Å². The summed E-state index contributed by atoms with van der Waals surface area (Å²) in [5, 5.41) is 3.45. The lowest BCUT2D eigenvalue weighted by Gasteiger charge is -2.17. The highest BCUT2D eigenvalue weighted by Gasteiger charge is 2.09. The Morgan fingerprint density at radius 3 is 2.40 bits per heavy atom. The quantitative estimate of drug-likeness (QED) is 0.815. The van der Waals surface area contributed by atoms with Gasteiger partial charge in [-0.05, 0) is 49.9 Å². The fraction of sp³-hybridized carbons (Fsp3) is 0.368. The fourth-order valence-corrected chi connectivity index (χ4v) is 2.57. The Labute approximate surface area is 123 Å². The van der Waals surface area contributed by atoms with Crippen molar-refractivity contribution in [2.45, 2.75) is 39.2 Å². The Morgan fingerprint density at radius 2 is 1.75 bits per heavy atom. The molecule has 0 aromatic heterocycles. The summed E-state index contributed by atoms with van der Waals surface area (Å²) in [5.41, 5.74) is 5.56. The summed E-state index contributed by atoms with van der Waals surface area (Å²) in [7, 11) is 2.05. The minimum atomic E-state index is 0.433. The Hall–Kier alpha value is -1.60. The molecule has 0 spiro atoms. The molecule has 2 rings (SSSR count). The van der Waals surface area contributed by atoms with Gasteiger partial charge in [0.15, 0.2) is 0 Å². The van der Waals surface area contributed by atoms with E-state index in [4.69, 9.17) is 0 Å². The predicted molar refractivity (Wildman–Crippen MR) is 87.1 cm³/mol. The maximum Gasteiger partial charge on any atom is 0.0320 e. The van der Waals surface area contributed by atoms with Crippen molar-refractivity contribution in [1.82, 2.24) is 5.32 Å². The number of hydrogen-bond acceptors (Lipinski definition) is 1. The third-order valence-electron chi connectivity index (χ3n) is 3.95. The first-order chi connectivity index (χ1) is 9.72.